The second kappa shape index (κ2) is 5.11. The van der Waals surface area contributed by atoms with Crippen LogP contribution in [-0.4, -0.2) is 36.3 Å². The summed E-state index contributed by atoms with van der Waals surface area (Å²) in [5, 5.41) is 9.08. The minimum Gasteiger partial charge on any atom is -0.380 e. The number of piperidine rings is 1. The minimum atomic E-state index is 0.227. The van der Waals surface area contributed by atoms with Crippen molar-refractivity contribution in [2.75, 3.05) is 25.1 Å². The van der Waals surface area contributed by atoms with E-state index in [-0.39, 0.29) is 6.10 Å². The first kappa shape index (κ1) is 11.8. The van der Waals surface area contributed by atoms with E-state index in [2.05, 4.69) is 20.9 Å². The number of anilines is 1. The Morgan fingerprint density at radius 3 is 3.12 bits per heavy atom. The second-order valence-corrected chi connectivity index (χ2v) is 4.21. The lowest BCUT2D eigenvalue weighted by Gasteiger charge is -2.33. The Morgan fingerprint density at radius 1 is 1.59 bits per heavy atom. The number of methoxy groups -OCH3 is 1. The van der Waals surface area contributed by atoms with Gasteiger partial charge in [-0.1, -0.05) is 0 Å². The highest BCUT2D eigenvalue weighted by Gasteiger charge is 2.22. The van der Waals surface area contributed by atoms with E-state index in [0.717, 1.165) is 31.7 Å². The van der Waals surface area contributed by atoms with Crippen molar-refractivity contribution in [2.45, 2.75) is 25.9 Å². The summed E-state index contributed by atoms with van der Waals surface area (Å²) in [5.41, 5.74) is 0.535. The van der Waals surface area contributed by atoms with Gasteiger partial charge in [0.25, 0.3) is 0 Å². The third kappa shape index (κ3) is 2.53. The molecule has 0 spiro atoms. The maximum atomic E-state index is 9.08. The number of nitriles is 1. The smallest absolute Gasteiger partial charge is 0.150 e. The first-order valence-corrected chi connectivity index (χ1v) is 5.76. The van der Waals surface area contributed by atoms with Crippen LogP contribution < -0.4 is 4.90 Å². The number of aromatic nitrogens is 2. The molecule has 1 aromatic rings. The predicted octanol–water partition coefficient (Wildman–Crippen LogP) is 1.27. The van der Waals surface area contributed by atoms with Crippen molar-refractivity contribution in [3.63, 3.8) is 0 Å². The van der Waals surface area contributed by atoms with Gasteiger partial charge in [0, 0.05) is 20.2 Å². The Kier molecular flexibility index (Phi) is 3.55. The molecule has 0 aromatic carbocycles. The number of hydrogen-bond acceptors (Lipinski definition) is 5. The van der Waals surface area contributed by atoms with Crippen molar-refractivity contribution in [1.82, 2.24) is 9.97 Å². The van der Waals surface area contributed by atoms with Gasteiger partial charge < -0.3 is 9.64 Å². The molecule has 5 heteroatoms. The van der Waals surface area contributed by atoms with Crippen molar-refractivity contribution in [2.24, 2.45) is 0 Å². The standard InChI is InChI=1S/C12H16N4O/c1-9-14-7-10(6-13)12(15-9)16-5-3-4-11(8-16)17-2/h7,11H,3-5,8H2,1-2H3. The zero-order valence-electron chi connectivity index (χ0n) is 10.2. The molecule has 1 aromatic heterocycles. The Hall–Kier alpha value is -1.67. The molecule has 90 valence electrons. The minimum absolute atomic E-state index is 0.227. The fourth-order valence-electron chi connectivity index (χ4n) is 2.10. The molecule has 1 saturated heterocycles. The third-order valence-corrected chi connectivity index (χ3v) is 3.02. The summed E-state index contributed by atoms with van der Waals surface area (Å²) < 4.78 is 5.38. The molecular weight excluding hydrogens is 216 g/mol. The molecule has 0 bridgehead atoms. The number of rotatable bonds is 2. The van der Waals surface area contributed by atoms with Crippen LogP contribution in [0.4, 0.5) is 5.82 Å². The summed E-state index contributed by atoms with van der Waals surface area (Å²) >= 11 is 0. The molecule has 0 aliphatic carbocycles. The third-order valence-electron chi connectivity index (χ3n) is 3.02. The molecule has 2 heterocycles. The maximum absolute atomic E-state index is 9.08. The van der Waals surface area contributed by atoms with Gasteiger partial charge in [0.2, 0.25) is 0 Å². The van der Waals surface area contributed by atoms with Crippen molar-refractivity contribution < 1.29 is 4.74 Å². The number of ether oxygens (including phenoxy) is 1. The summed E-state index contributed by atoms with van der Waals surface area (Å²) in [6, 6.07) is 2.15. The molecule has 1 atom stereocenters. The van der Waals surface area contributed by atoms with Crippen LogP contribution in [-0.2, 0) is 4.74 Å². The largest absolute Gasteiger partial charge is 0.380 e. The van der Waals surface area contributed by atoms with Gasteiger partial charge in [-0.2, -0.15) is 5.26 Å². The fourth-order valence-corrected chi connectivity index (χ4v) is 2.10. The summed E-state index contributed by atoms with van der Waals surface area (Å²) in [7, 11) is 1.73. The van der Waals surface area contributed by atoms with Gasteiger partial charge >= 0.3 is 0 Å². The summed E-state index contributed by atoms with van der Waals surface area (Å²) in [4.78, 5) is 10.5. The van der Waals surface area contributed by atoms with Gasteiger partial charge in [-0.25, -0.2) is 9.97 Å². The van der Waals surface area contributed by atoms with E-state index in [1.165, 1.54) is 0 Å². The van der Waals surface area contributed by atoms with E-state index >= 15 is 0 Å². The van der Waals surface area contributed by atoms with Gasteiger partial charge in [-0.3, -0.25) is 0 Å². The Bertz CT molecular complexity index is 441. The van der Waals surface area contributed by atoms with Crippen molar-refractivity contribution in [1.29, 1.82) is 5.26 Å². The Morgan fingerprint density at radius 2 is 2.41 bits per heavy atom. The van der Waals surface area contributed by atoms with Crippen molar-refractivity contribution in [3.8, 4) is 6.07 Å². The van der Waals surface area contributed by atoms with Crippen LogP contribution in [0.1, 0.15) is 24.2 Å². The molecular formula is C12H16N4O. The number of aryl methyl sites for hydroxylation is 1. The van der Waals surface area contributed by atoms with E-state index in [4.69, 9.17) is 10.00 Å². The predicted molar refractivity (Wildman–Crippen MR) is 63.7 cm³/mol. The molecule has 1 aliphatic rings. The lowest BCUT2D eigenvalue weighted by atomic mass is 10.1. The van der Waals surface area contributed by atoms with Crippen LogP contribution in [0, 0.1) is 18.3 Å². The average Bonchev–Trinajstić information content (AvgIpc) is 2.39. The molecule has 1 unspecified atom stereocenters. The molecule has 0 radical (unpaired) electrons. The van der Waals surface area contributed by atoms with Crippen molar-refractivity contribution in [3.05, 3.63) is 17.6 Å². The normalized spacial score (nSPS) is 20.1. The van der Waals surface area contributed by atoms with Gasteiger partial charge in [0.1, 0.15) is 23.3 Å². The Balaban J connectivity index is 2.27. The maximum Gasteiger partial charge on any atom is 0.150 e. The average molecular weight is 232 g/mol. The van der Waals surface area contributed by atoms with Crippen LogP contribution >= 0.6 is 0 Å². The number of hydrogen-bond donors (Lipinski definition) is 0. The summed E-state index contributed by atoms with van der Waals surface area (Å²) in [6.07, 6.45) is 3.95. The molecule has 17 heavy (non-hydrogen) atoms. The molecule has 0 amide bonds. The quantitative estimate of drug-likeness (QED) is 0.768. The van der Waals surface area contributed by atoms with E-state index in [0.29, 0.717) is 11.4 Å². The van der Waals surface area contributed by atoms with Gasteiger partial charge in [0.15, 0.2) is 0 Å². The van der Waals surface area contributed by atoms with E-state index in [1.807, 2.05) is 6.92 Å². The highest BCUT2D eigenvalue weighted by molar-refractivity contribution is 5.53. The van der Waals surface area contributed by atoms with E-state index < -0.39 is 0 Å². The molecule has 0 N–H and O–H groups in total. The van der Waals surface area contributed by atoms with Crippen LogP contribution in [0.5, 0.6) is 0 Å². The summed E-state index contributed by atoms with van der Waals surface area (Å²) in [5.74, 6) is 1.43. The van der Waals surface area contributed by atoms with Crippen LogP contribution in [0.2, 0.25) is 0 Å². The lowest BCUT2D eigenvalue weighted by Crippen LogP contribution is -2.40. The molecule has 2 rings (SSSR count). The fraction of sp³-hybridized carbons (Fsp3) is 0.583. The number of nitrogens with zero attached hydrogens (tertiary/aromatic N) is 4. The van der Waals surface area contributed by atoms with E-state index in [1.54, 1.807) is 13.3 Å². The van der Waals surface area contributed by atoms with Crippen LogP contribution in [0.25, 0.3) is 0 Å². The molecule has 1 aliphatic heterocycles. The zero-order valence-corrected chi connectivity index (χ0v) is 10.2. The summed E-state index contributed by atoms with van der Waals surface area (Å²) in [6.45, 7) is 3.55. The van der Waals surface area contributed by atoms with Gasteiger partial charge in [-0.05, 0) is 19.8 Å². The molecule has 5 nitrogen and oxygen atoms in total. The topological polar surface area (TPSA) is 62.0 Å². The lowest BCUT2D eigenvalue weighted by molar-refractivity contribution is 0.0891. The Labute approximate surface area is 101 Å². The second-order valence-electron chi connectivity index (χ2n) is 4.21. The van der Waals surface area contributed by atoms with E-state index in [9.17, 15) is 0 Å². The van der Waals surface area contributed by atoms with Gasteiger partial charge in [-0.15, -0.1) is 0 Å². The first-order valence-electron chi connectivity index (χ1n) is 5.76. The highest BCUT2D eigenvalue weighted by atomic mass is 16.5. The molecule has 0 saturated carbocycles. The monoisotopic (exact) mass is 232 g/mol. The first-order chi connectivity index (χ1) is 8.24. The van der Waals surface area contributed by atoms with Gasteiger partial charge in [0.05, 0.1) is 12.3 Å². The zero-order chi connectivity index (χ0) is 12.3. The van der Waals surface area contributed by atoms with Crippen LogP contribution in [0.3, 0.4) is 0 Å². The highest BCUT2D eigenvalue weighted by Crippen LogP contribution is 2.22. The van der Waals surface area contributed by atoms with Crippen LogP contribution in [0.15, 0.2) is 6.20 Å². The van der Waals surface area contributed by atoms with Crippen molar-refractivity contribution >= 4 is 5.82 Å². The SMILES string of the molecule is COC1CCCN(c2nc(C)ncc2C#N)C1. The molecule has 1 fully saturated rings.